The van der Waals surface area contributed by atoms with Crippen LogP contribution in [-0.2, 0) is 4.79 Å². The molecule has 28 heavy (non-hydrogen) atoms. The zero-order chi connectivity index (χ0) is 19.7. The second-order valence-electron chi connectivity index (χ2n) is 7.08. The summed E-state index contributed by atoms with van der Waals surface area (Å²) in [6.45, 7) is 4.19. The quantitative estimate of drug-likeness (QED) is 0.535. The number of fused-ring (bicyclic) bond motifs is 1. The second-order valence-corrected chi connectivity index (χ2v) is 8.02. The third-order valence-electron chi connectivity index (χ3n) is 5.17. The van der Waals surface area contributed by atoms with Gasteiger partial charge in [-0.1, -0.05) is 23.9 Å². The lowest BCUT2D eigenvalue weighted by molar-refractivity contribution is -0.134. The van der Waals surface area contributed by atoms with E-state index in [1.54, 1.807) is 18.2 Å². The molecule has 0 aliphatic carbocycles. The number of aromatic nitrogens is 5. The minimum absolute atomic E-state index is 0.0660. The maximum absolute atomic E-state index is 13.0. The van der Waals surface area contributed by atoms with Crippen molar-refractivity contribution in [2.75, 3.05) is 5.75 Å². The fourth-order valence-corrected chi connectivity index (χ4v) is 4.68. The first kappa shape index (κ1) is 18.7. The molecule has 1 saturated heterocycles. The number of hydrogen-bond acceptors (Lipinski definition) is 6. The Kier molecular flexibility index (Phi) is 5.17. The van der Waals surface area contributed by atoms with Crippen LogP contribution in [0, 0.1) is 0 Å². The Balaban J connectivity index is 1.67. The summed E-state index contributed by atoms with van der Waals surface area (Å²) in [5.74, 6) is 0.572. The van der Waals surface area contributed by atoms with Crippen LogP contribution in [0.25, 0.3) is 16.9 Å². The molecule has 1 amide bonds. The number of piperidine rings is 1. The monoisotopic (exact) mass is 398 g/mol. The van der Waals surface area contributed by atoms with E-state index in [9.17, 15) is 9.59 Å². The number of aromatic amines is 1. The average Bonchev–Trinajstić information content (AvgIpc) is 3.20. The molecule has 0 radical (unpaired) electrons. The van der Waals surface area contributed by atoms with Crippen LogP contribution >= 0.6 is 11.8 Å². The van der Waals surface area contributed by atoms with Crippen molar-refractivity contribution in [3.05, 3.63) is 40.9 Å². The number of nitrogens with one attached hydrogen (secondary N) is 1. The van der Waals surface area contributed by atoms with Gasteiger partial charge in [0.15, 0.2) is 5.16 Å². The van der Waals surface area contributed by atoms with E-state index in [1.165, 1.54) is 22.7 Å². The van der Waals surface area contributed by atoms with Crippen LogP contribution in [0.1, 0.15) is 33.1 Å². The zero-order valence-corrected chi connectivity index (χ0v) is 16.6. The highest BCUT2D eigenvalue weighted by molar-refractivity contribution is 7.99. The van der Waals surface area contributed by atoms with Crippen LogP contribution in [-0.4, -0.2) is 53.4 Å². The molecule has 1 N–H and O–H groups in total. The molecule has 2 atom stereocenters. The molecule has 0 saturated carbocycles. The number of amides is 1. The Hall–Kier alpha value is -2.68. The van der Waals surface area contributed by atoms with Crippen LogP contribution < -0.4 is 5.56 Å². The number of para-hydroxylation sites is 1. The van der Waals surface area contributed by atoms with Crippen LogP contribution in [0.15, 0.2) is 40.5 Å². The normalized spacial score (nSPS) is 19.9. The number of hydrogen-bond donors (Lipinski definition) is 1. The number of rotatable bonds is 4. The van der Waals surface area contributed by atoms with Gasteiger partial charge < -0.3 is 4.90 Å². The number of carbonyl (C=O) groups excluding carboxylic acids is 1. The van der Waals surface area contributed by atoms with Crippen molar-refractivity contribution in [1.82, 2.24) is 29.6 Å². The summed E-state index contributed by atoms with van der Waals surface area (Å²) in [7, 11) is 0. The zero-order valence-electron chi connectivity index (χ0n) is 15.8. The highest BCUT2D eigenvalue weighted by atomic mass is 32.2. The molecule has 1 aliphatic heterocycles. The third-order valence-corrected chi connectivity index (χ3v) is 6.09. The van der Waals surface area contributed by atoms with E-state index in [0.29, 0.717) is 16.1 Å². The molecule has 4 rings (SSSR count). The van der Waals surface area contributed by atoms with Gasteiger partial charge in [0.1, 0.15) is 6.33 Å². The highest BCUT2D eigenvalue weighted by Crippen LogP contribution is 2.25. The lowest BCUT2D eigenvalue weighted by atomic mass is 9.98. The molecule has 2 aromatic heterocycles. The SMILES string of the molecule is C[C@@H]1CCC[C@H](C)N1C(=O)CSc1nc2ccccc2c(=O)n1-c1ncn[nH]1. The summed E-state index contributed by atoms with van der Waals surface area (Å²) in [4.78, 5) is 36.6. The van der Waals surface area contributed by atoms with Gasteiger partial charge in [-0.25, -0.2) is 14.6 Å². The molecule has 1 fully saturated rings. The fraction of sp³-hybridized carbons (Fsp3) is 0.421. The molecule has 9 heteroatoms. The van der Waals surface area contributed by atoms with Crippen molar-refractivity contribution in [3.63, 3.8) is 0 Å². The number of H-pyrrole nitrogens is 1. The first-order valence-corrected chi connectivity index (χ1v) is 10.4. The molecular formula is C19H22N6O2S. The minimum atomic E-state index is -0.239. The van der Waals surface area contributed by atoms with Gasteiger partial charge in [-0.3, -0.25) is 9.59 Å². The summed E-state index contributed by atoms with van der Waals surface area (Å²) in [5.41, 5.74) is 0.356. The van der Waals surface area contributed by atoms with Crippen molar-refractivity contribution < 1.29 is 4.79 Å². The molecule has 0 bridgehead atoms. The van der Waals surface area contributed by atoms with Gasteiger partial charge in [0.25, 0.3) is 5.56 Å². The van der Waals surface area contributed by atoms with Crippen molar-refractivity contribution in [2.24, 2.45) is 0 Å². The van der Waals surface area contributed by atoms with Crippen LogP contribution in [0.2, 0.25) is 0 Å². The molecule has 1 aromatic carbocycles. The minimum Gasteiger partial charge on any atom is -0.337 e. The van der Waals surface area contributed by atoms with E-state index < -0.39 is 0 Å². The lowest BCUT2D eigenvalue weighted by Gasteiger charge is -2.39. The second kappa shape index (κ2) is 7.75. The largest absolute Gasteiger partial charge is 0.337 e. The van der Waals surface area contributed by atoms with Crippen LogP contribution in [0.3, 0.4) is 0 Å². The van der Waals surface area contributed by atoms with E-state index >= 15 is 0 Å². The Labute approximate surface area is 166 Å². The van der Waals surface area contributed by atoms with E-state index in [2.05, 4.69) is 34.0 Å². The van der Waals surface area contributed by atoms with Gasteiger partial charge >= 0.3 is 0 Å². The van der Waals surface area contributed by atoms with Gasteiger partial charge in [0.2, 0.25) is 11.9 Å². The van der Waals surface area contributed by atoms with Gasteiger partial charge in [0.05, 0.1) is 16.7 Å². The first-order chi connectivity index (χ1) is 13.6. The maximum Gasteiger partial charge on any atom is 0.269 e. The maximum atomic E-state index is 13.0. The predicted molar refractivity (Wildman–Crippen MR) is 108 cm³/mol. The molecular weight excluding hydrogens is 376 g/mol. The van der Waals surface area contributed by atoms with Crippen molar-refractivity contribution in [3.8, 4) is 5.95 Å². The van der Waals surface area contributed by atoms with Gasteiger partial charge in [-0.15, -0.1) is 0 Å². The smallest absolute Gasteiger partial charge is 0.269 e. The fourth-order valence-electron chi connectivity index (χ4n) is 3.82. The molecule has 8 nitrogen and oxygen atoms in total. The molecule has 146 valence electrons. The van der Waals surface area contributed by atoms with E-state index in [4.69, 9.17) is 0 Å². The topological polar surface area (TPSA) is 96.8 Å². The molecule has 1 aliphatic rings. The standard InChI is InChI=1S/C19H22N6O2S/c1-12-6-5-7-13(2)24(12)16(26)10-28-19-22-15-9-4-3-8-14(15)17(27)25(19)18-20-11-21-23-18/h3-4,8-9,11-13H,5-7,10H2,1-2H3,(H,20,21,23)/t12-,13+. The number of thioether (sulfide) groups is 1. The number of benzene rings is 1. The van der Waals surface area contributed by atoms with E-state index in [1.807, 2.05) is 11.0 Å². The number of nitrogens with zero attached hydrogens (tertiary/aromatic N) is 5. The lowest BCUT2D eigenvalue weighted by Crippen LogP contribution is -2.48. The van der Waals surface area contributed by atoms with Crippen molar-refractivity contribution in [2.45, 2.75) is 50.4 Å². The molecule has 0 spiro atoms. The molecule has 3 aromatic rings. The number of likely N-dealkylation sites (tertiary alicyclic amines) is 1. The van der Waals surface area contributed by atoms with E-state index in [-0.39, 0.29) is 35.3 Å². The van der Waals surface area contributed by atoms with E-state index in [0.717, 1.165) is 19.3 Å². The summed E-state index contributed by atoms with van der Waals surface area (Å²) in [5, 5.41) is 7.47. The summed E-state index contributed by atoms with van der Waals surface area (Å²) in [6, 6.07) is 7.63. The number of carbonyl (C=O) groups is 1. The van der Waals surface area contributed by atoms with Crippen LogP contribution in [0.5, 0.6) is 0 Å². The Morgan fingerprint density at radius 3 is 2.71 bits per heavy atom. The summed E-state index contributed by atoms with van der Waals surface area (Å²) in [6.07, 6.45) is 4.54. The van der Waals surface area contributed by atoms with Gasteiger partial charge in [0, 0.05) is 12.1 Å². The first-order valence-electron chi connectivity index (χ1n) is 9.37. The van der Waals surface area contributed by atoms with Crippen LogP contribution in [0.4, 0.5) is 0 Å². The predicted octanol–water partition coefficient (Wildman–Crippen LogP) is 2.39. The van der Waals surface area contributed by atoms with Crippen molar-refractivity contribution >= 4 is 28.6 Å². The summed E-state index contributed by atoms with van der Waals surface area (Å²) < 4.78 is 1.39. The van der Waals surface area contributed by atoms with Gasteiger partial charge in [-0.2, -0.15) is 10.1 Å². The Morgan fingerprint density at radius 1 is 1.25 bits per heavy atom. The van der Waals surface area contributed by atoms with Gasteiger partial charge in [-0.05, 0) is 45.2 Å². The highest BCUT2D eigenvalue weighted by Gasteiger charge is 2.29. The average molecular weight is 398 g/mol. The van der Waals surface area contributed by atoms with Crippen molar-refractivity contribution in [1.29, 1.82) is 0 Å². The Bertz CT molecular complexity index is 1040. The molecule has 3 heterocycles. The molecule has 0 unspecified atom stereocenters. The Morgan fingerprint density at radius 2 is 2.00 bits per heavy atom. The third kappa shape index (κ3) is 3.42. The summed E-state index contributed by atoms with van der Waals surface area (Å²) >= 11 is 1.25.